The highest BCUT2D eigenvalue weighted by atomic mass is 16.6. The van der Waals surface area contributed by atoms with Gasteiger partial charge >= 0.3 is 0 Å². The van der Waals surface area contributed by atoms with Crippen molar-refractivity contribution >= 4 is 11.6 Å². The van der Waals surface area contributed by atoms with Crippen LogP contribution in [-0.4, -0.2) is 28.6 Å². The molecule has 0 aromatic heterocycles. The Morgan fingerprint density at radius 3 is 2.71 bits per heavy atom. The molecule has 6 heteroatoms. The average molecular weight is 294 g/mol. The number of aliphatic hydroxyl groups is 1. The fraction of sp³-hybridized carbons (Fsp3) is 0.533. The van der Waals surface area contributed by atoms with Gasteiger partial charge in [-0.3, -0.25) is 14.9 Å². The molecule has 1 rings (SSSR count). The van der Waals surface area contributed by atoms with E-state index in [1.54, 1.807) is 19.1 Å². The van der Waals surface area contributed by atoms with Gasteiger partial charge in [0.1, 0.15) is 0 Å². The van der Waals surface area contributed by atoms with Crippen LogP contribution in [0.25, 0.3) is 0 Å². The first-order valence-electron chi connectivity index (χ1n) is 6.88. The third-order valence-corrected chi connectivity index (χ3v) is 3.10. The van der Waals surface area contributed by atoms with E-state index < -0.39 is 11.0 Å². The molecule has 21 heavy (non-hydrogen) atoms. The standard InChI is InChI=1S/C15H22N2O4/c1-11(18)9-15(2,3)10-16-14(19)8-12-5-4-6-13(7-12)17(20)21/h4-7,11,18H,8-10H2,1-3H3,(H,16,19). The number of benzene rings is 1. The third-order valence-electron chi connectivity index (χ3n) is 3.10. The van der Waals surface area contributed by atoms with Gasteiger partial charge < -0.3 is 10.4 Å². The fourth-order valence-electron chi connectivity index (χ4n) is 2.24. The molecule has 116 valence electrons. The van der Waals surface area contributed by atoms with Crippen LogP contribution in [0.4, 0.5) is 5.69 Å². The molecule has 1 aromatic rings. The van der Waals surface area contributed by atoms with E-state index in [1.165, 1.54) is 12.1 Å². The highest BCUT2D eigenvalue weighted by molar-refractivity contribution is 5.78. The number of carbonyl (C=O) groups excluding carboxylic acids is 1. The molecule has 0 aliphatic rings. The van der Waals surface area contributed by atoms with Gasteiger partial charge in [0, 0.05) is 18.7 Å². The molecule has 0 saturated heterocycles. The predicted molar refractivity (Wildman–Crippen MR) is 79.9 cm³/mol. The third kappa shape index (κ3) is 6.35. The zero-order valence-corrected chi connectivity index (χ0v) is 12.6. The predicted octanol–water partition coefficient (Wildman–Crippen LogP) is 2.05. The van der Waals surface area contributed by atoms with Crippen LogP contribution < -0.4 is 5.32 Å². The normalized spacial score (nSPS) is 12.8. The summed E-state index contributed by atoms with van der Waals surface area (Å²) in [4.78, 5) is 22.1. The monoisotopic (exact) mass is 294 g/mol. The molecule has 2 N–H and O–H groups in total. The molecule has 1 unspecified atom stereocenters. The smallest absolute Gasteiger partial charge is 0.269 e. The summed E-state index contributed by atoms with van der Waals surface area (Å²) in [7, 11) is 0. The van der Waals surface area contributed by atoms with Crippen LogP contribution in [0.15, 0.2) is 24.3 Å². The lowest BCUT2D eigenvalue weighted by molar-refractivity contribution is -0.384. The molecule has 0 bridgehead atoms. The van der Waals surface area contributed by atoms with E-state index in [9.17, 15) is 20.0 Å². The summed E-state index contributed by atoms with van der Waals surface area (Å²) in [5, 5.41) is 22.9. The minimum atomic E-state index is -0.479. The SMILES string of the molecule is CC(O)CC(C)(C)CNC(=O)Cc1cccc([N+](=O)[O-])c1. The number of amides is 1. The molecule has 0 heterocycles. The van der Waals surface area contributed by atoms with E-state index in [0.717, 1.165) is 0 Å². The topological polar surface area (TPSA) is 92.5 Å². The molecule has 1 aromatic carbocycles. The maximum Gasteiger partial charge on any atom is 0.269 e. The van der Waals surface area contributed by atoms with E-state index in [2.05, 4.69) is 5.32 Å². The van der Waals surface area contributed by atoms with Gasteiger partial charge in [-0.25, -0.2) is 0 Å². The number of nitrogens with zero attached hydrogens (tertiary/aromatic N) is 1. The molecular formula is C15H22N2O4. The highest BCUT2D eigenvalue weighted by Gasteiger charge is 2.21. The number of nitro groups is 1. The van der Waals surface area contributed by atoms with Gasteiger partial charge in [-0.1, -0.05) is 26.0 Å². The van der Waals surface area contributed by atoms with Crippen LogP contribution >= 0.6 is 0 Å². The number of hydrogen-bond acceptors (Lipinski definition) is 4. The van der Waals surface area contributed by atoms with Crippen molar-refractivity contribution in [2.24, 2.45) is 5.41 Å². The Bertz CT molecular complexity index is 512. The van der Waals surface area contributed by atoms with Crippen molar-refractivity contribution in [3.63, 3.8) is 0 Å². The number of non-ortho nitro benzene ring substituents is 1. The van der Waals surface area contributed by atoms with Gasteiger partial charge in [-0.05, 0) is 24.3 Å². The quantitative estimate of drug-likeness (QED) is 0.594. The Morgan fingerprint density at radius 1 is 1.48 bits per heavy atom. The summed E-state index contributed by atoms with van der Waals surface area (Å²) >= 11 is 0. The molecule has 0 aliphatic carbocycles. The summed E-state index contributed by atoms with van der Waals surface area (Å²) in [5.41, 5.74) is 0.386. The molecule has 1 amide bonds. The molecule has 0 saturated carbocycles. The lowest BCUT2D eigenvalue weighted by Crippen LogP contribution is -2.36. The maximum atomic E-state index is 11.9. The molecular weight excluding hydrogens is 272 g/mol. The second-order valence-electron chi connectivity index (χ2n) is 6.10. The Kier molecular flexibility index (Phi) is 5.84. The second-order valence-corrected chi connectivity index (χ2v) is 6.10. The summed E-state index contributed by atoms with van der Waals surface area (Å²) in [6.45, 7) is 6.10. The number of nitro benzene ring substituents is 1. The van der Waals surface area contributed by atoms with Gasteiger partial charge in [0.25, 0.3) is 5.69 Å². The molecule has 1 atom stereocenters. The van der Waals surface area contributed by atoms with Crippen molar-refractivity contribution in [2.75, 3.05) is 6.54 Å². The molecule has 0 radical (unpaired) electrons. The summed E-state index contributed by atoms with van der Waals surface area (Å²) in [6.07, 6.45) is 0.268. The fourth-order valence-corrected chi connectivity index (χ4v) is 2.24. The van der Waals surface area contributed by atoms with Crippen LogP contribution in [0.5, 0.6) is 0 Å². The lowest BCUT2D eigenvalue weighted by Gasteiger charge is -2.26. The van der Waals surface area contributed by atoms with Gasteiger partial charge in [0.05, 0.1) is 17.4 Å². The van der Waals surface area contributed by atoms with Crippen LogP contribution in [0.2, 0.25) is 0 Å². The molecule has 0 fully saturated rings. The zero-order valence-electron chi connectivity index (χ0n) is 12.6. The van der Waals surface area contributed by atoms with Crippen molar-refractivity contribution in [3.8, 4) is 0 Å². The summed E-state index contributed by atoms with van der Waals surface area (Å²) in [5.74, 6) is -0.186. The van der Waals surface area contributed by atoms with E-state index in [4.69, 9.17) is 0 Å². The second kappa shape index (κ2) is 7.17. The van der Waals surface area contributed by atoms with Crippen molar-refractivity contribution in [3.05, 3.63) is 39.9 Å². The number of hydrogen-bond donors (Lipinski definition) is 2. The van der Waals surface area contributed by atoms with E-state index in [0.29, 0.717) is 18.5 Å². The van der Waals surface area contributed by atoms with Gasteiger partial charge in [-0.15, -0.1) is 0 Å². The number of carbonyl (C=O) groups is 1. The Hall–Kier alpha value is -1.95. The van der Waals surface area contributed by atoms with Crippen LogP contribution in [-0.2, 0) is 11.2 Å². The van der Waals surface area contributed by atoms with Crippen molar-refractivity contribution in [1.82, 2.24) is 5.32 Å². The Balaban J connectivity index is 2.54. The number of aliphatic hydroxyl groups excluding tert-OH is 1. The first-order chi connectivity index (χ1) is 9.69. The van der Waals surface area contributed by atoms with Gasteiger partial charge in [-0.2, -0.15) is 0 Å². The summed E-state index contributed by atoms with van der Waals surface area (Å²) in [6, 6.07) is 6.05. The van der Waals surface area contributed by atoms with E-state index >= 15 is 0 Å². The first kappa shape index (κ1) is 17.1. The van der Waals surface area contributed by atoms with Gasteiger partial charge in [0.2, 0.25) is 5.91 Å². The Morgan fingerprint density at radius 2 is 2.14 bits per heavy atom. The van der Waals surface area contributed by atoms with Crippen molar-refractivity contribution in [1.29, 1.82) is 0 Å². The minimum Gasteiger partial charge on any atom is -0.393 e. The number of rotatable bonds is 7. The largest absolute Gasteiger partial charge is 0.393 e. The highest BCUT2D eigenvalue weighted by Crippen LogP contribution is 2.21. The average Bonchev–Trinajstić information content (AvgIpc) is 2.35. The van der Waals surface area contributed by atoms with E-state index in [-0.39, 0.29) is 23.4 Å². The Labute approximate surface area is 124 Å². The van der Waals surface area contributed by atoms with Crippen molar-refractivity contribution in [2.45, 2.75) is 39.7 Å². The first-order valence-corrected chi connectivity index (χ1v) is 6.88. The number of nitrogens with one attached hydrogen (secondary N) is 1. The molecule has 0 spiro atoms. The summed E-state index contributed by atoms with van der Waals surface area (Å²) < 4.78 is 0. The van der Waals surface area contributed by atoms with Crippen LogP contribution in [0.1, 0.15) is 32.8 Å². The molecule has 6 nitrogen and oxygen atoms in total. The molecule has 0 aliphatic heterocycles. The maximum absolute atomic E-state index is 11.9. The van der Waals surface area contributed by atoms with Crippen LogP contribution in [0, 0.1) is 15.5 Å². The van der Waals surface area contributed by atoms with E-state index in [1.807, 2.05) is 13.8 Å². The van der Waals surface area contributed by atoms with Crippen LogP contribution in [0.3, 0.4) is 0 Å². The zero-order chi connectivity index (χ0) is 16.0. The van der Waals surface area contributed by atoms with Crippen molar-refractivity contribution < 1.29 is 14.8 Å². The lowest BCUT2D eigenvalue weighted by atomic mass is 9.87. The minimum absolute atomic E-state index is 0.0188. The van der Waals surface area contributed by atoms with Gasteiger partial charge in [0.15, 0.2) is 0 Å².